The maximum atomic E-state index is 12.5. The third-order valence-corrected chi connectivity index (χ3v) is 4.37. The van der Waals surface area contributed by atoms with Crippen LogP contribution < -0.4 is 0 Å². The van der Waals surface area contributed by atoms with Crippen LogP contribution in [-0.4, -0.2) is 4.21 Å². The lowest BCUT2D eigenvalue weighted by Gasteiger charge is -2.13. The number of rotatable bonds is 4. The van der Waals surface area contributed by atoms with E-state index in [1.807, 2.05) is 60.7 Å². The van der Waals surface area contributed by atoms with Gasteiger partial charge in [0.15, 0.2) is 0 Å². The molecule has 90 valence electrons. The fourth-order valence-corrected chi connectivity index (χ4v) is 3.17. The van der Waals surface area contributed by atoms with E-state index in [9.17, 15) is 4.21 Å². The minimum absolute atomic E-state index is 0.255. The first-order valence-corrected chi connectivity index (χ1v) is 6.91. The smallest absolute Gasteiger partial charge is 0.0773 e. The minimum Gasteiger partial charge on any atom is -0.254 e. The van der Waals surface area contributed by atoms with Crippen molar-refractivity contribution in [2.75, 3.05) is 0 Å². The zero-order chi connectivity index (χ0) is 12.8. The van der Waals surface area contributed by atoms with Gasteiger partial charge in [0.05, 0.1) is 28.5 Å². The van der Waals surface area contributed by atoms with Crippen LogP contribution in [0.1, 0.15) is 17.2 Å². The molecule has 0 saturated carbocycles. The van der Waals surface area contributed by atoms with E-state index in [1.165, 1.54) is 0 Å². The standard InChI is InChI=1S/C15H13NOS/c16-12-11-15(13-7-3-1-4-8-13)18(17)14-9-5-2-6-10-14/h1-10,15H,11H2. The van der Waals surface area contributed by atoms with Crippen molar-refractivity contribution in [2.45, 2.75) is 16.6 Å². The normalized spacial score (nSPS) is 13.5. The van der Waals surface area contributed by atoms with Gasteiger partial charge in [-0.05, 0) is 17.7 Å². The van der Waals surface area contributed by atoms with Gasteiger partial charge >= 0.3 is 0 Å². The van der Waals surface area contributed by atoms with Gasteiger partial charge in [0.1, 0.15) is 0 Å². The molecule has 0 spiro atoms. The van der Waals surface area contributed by atoms with Crippen molar-refractivity contribution in [1.82, 2.24) is 0 Å². The summed E-state index contributed by atoms with van der Waals surface area (Å²) in [7, 11) is -1.19. The molecule has 0 heterocycles. The van der Waals surface area contributed by atoms with Gasteiger partial charge in [-0.25, -0.2) is 0 Å². The van der Waals surface area contributed by atoms with Gasteiger partial charge in [-0.3, -0.25) is 4.21 Å². The first kappa shape index (κ1) is 12.5. The van der Waals surface area contributed by atoms with Crippen LogP contribution in [0.3, 0.4) is 0 Å². The van der Waals surface area contributed by atoms with Gasteiger partial charge < -0.3 is 0 Å². The molecule has 0 aliphatic heterocycles. The van der Waals surface area contributed by atoms with Crippen LogP contribution in [0.25, 0.3) is 0 Å². The number of hydrogen-bond donors (Lipinski definition) is 0. The van der Waals surface area contributed by atoms with Crippen LogP contribution in [0.4, 0.5) is 0 Å². The van der Waals surface area contributed by atoms with E-state index in [2.05, 4.69) is 6.07 Å². The lowest BCUT2D eigenvalue weighted by atomic mass is 10.1. The lowest BCUT2D eigenvalue weighted by Crippen LogP contribution is -2.06. The summed E-state index contributed by atoms with van der Waals surface area (Å²) < 4.78 is 12.5. The van der Waals surface area contributed by atoms with E-state index in [4.69, 9.17) is 5.26 Å². The Labute approximate surface area is 109 Å². The molecule has 2 aromatic carbocycles. The molecular weight excluding hydrogens is 242 g/mol. The van der Waals surface area contributed by atoms with Crippen LogP contribution >= 0.6 is 0 Å². The van der Waals surface area contributed by atoms with Gasteiger partial charge in [0.25, 0.3) is 0 Å². The quantitative estimate of drug-likeness (QED) is 0.839. The molecule has 2 unspecified atom stereocenters. The number of hydrogen-bond acceptors (Lipinski definition) is 2. The summed E-state index contributed by atoms with van der Waals surface area (Å²) in [5, 5.41) is 8.64. The molecule has 2 nitrogen and oxygen atoms in total. The first-order valence-electron chi connectivity index (χ1n) is 5.70. The van der Waals surface area contributed by atoms with Crippen LogP contribution in [0.2, 0.25) is 0 Å². The molecule has 0 aromatic heterocycles. The van der Waals surface area contributed by atoms with Crippen molar-refractivity contribution < 1.29 is 4.21 Å². The average Bonchev–Trinajstić information content (AvgIpc) is 2.46. The second-order valence-electron chi connectivity index (χ2n) is 3.87. The molecule has 0 bridgehead atoms. The van der Waals surface area contributed by atoms with Gasteiger partial charge in [0.2, 0.25) is 0 Å². The van der Waals surface area contributed by atoms with Gasteiger partial charge in [-0.2, -0.15) is 5.26 Å². The number of benzene rings is 2. The first-order chi connectivity index (χ1) is 8.83. The summed E-state index contributed by atoms with van der Waals surface area (Å²) in [5.74, 6) is 0. The Bertz CT molecular complexity index is 560. The summed E-state index contributed by atoms with van der Waals surface area (Å²) in [6.07, 6.45) is 0.255. The number of nitrogens with zero attached hydrogens (tertiary/aromatic N) is 1. The second kappa shape index (κ2) is 6.13. The molecule has 0 aliphatic rings. The highest BCUT2D eigenvalue weighted by Gasteiger charge is 2.19. The maximum absolute atomic E-state index is 12.5. The van der Waals surface area contributed by atoms with Crippen molar-refractivity contribution in [3.8, 4) is 6.07 Å². The molecule has 0 aliphatic carbocycles. The van der Waals surface area contributed by atoms with Crippen LogP contribution in [-0.2, 0) is 10.8 Å². The van der Waals surface area contributed by atoms with Crippen molar-refractivity contribution in [2.24, 2.45) is 0 Å². The largest absolute Gasteiger partial charge is 0.254 e. The van der Waals surface area contributed by atoms with Gasteiger partial charge in [-0.1, -0.05) is 48.5 Å². The van der Waals surface area contributed by atoms with Crippen LogP contribution in [0.15, 0.2) is 65.6 Å². The molecule has 18 heavy (non-hydrogen) atoms. The summed E-state index contributed by atoms with van der Waals surface area (Å²) >= 11 is 0. The molecule has 3 heteroatoms. The Morgan fingerprint density at radius 3 is 2.11 bits per heavy atom. The van der Waals surface area contributed by atoms with E-state index in [-0.39, 0.29) is 11.7 Å². The zero-order valence-electron chi connectivity index (χ0n) is 9.82. The molecule has 0 N–H and O–H groups in total. The summed E-state index contributed by atoms with van der Waals surface area (Å²) in [6.45, 7) is 0. The maximum Gasteiger partial charge on any atom is 0.0773 e. The highest BCUT2D eigenvalue weighted by Crippen LogP contribution is 2.27. The fourth-order valence-electron chi connectivity index (χ4n) is 1.79. The topological polar surface area (TPSA) is 40.9 Å². The van der Waals surface area contributed by atoms with Gasteiger partial charge in [0, 0.05) is 4.90 Å². The van der Waals surface area contributed by atoms with E-state index in [0.29, 0.717) is 0 Å². The molecule has 0 fully saturated rings. The molecule has 2 aromatic rings. The average molecular weight is 255 g/mol. The van der Waals surface area contributed by atoms with E-state index in [1.54, 1.807) is 0 Å². The van der Waals surface area contributed by atoms with Crippen molar-refractivity contribution in [1.29, 1.82) is 5.26 Å². The summed E-state index contributed by atoms with van der Waals surface area (Å²) in [6, 6.07) is 21.0. The fraction of sp³-hybridized carbons (Fsp3) is 0.133. The Hall–Kier alpha value is -1.92. The third-order valence-electron chi connectivity index (χ3n) is 2.68. The van der Waals surface area contributed by atoms with Crippen LogP contribution in [0, 0.1) is 11.3 Å². The van der Waals surface area contributed by atoms with Crippen molar-refractivity contribution >= 4 is 10.8 Å². The Balaban J connectivity index is 2.32. The third kappa shape index (κ3) is 2.85. The predicted octanol–water partition coefficient (Wildman–Crippen LogP) is 3.45. The van der Waals surface area contributed by atoms with Crippen LogP contribution in [0.5, 0.6) is 0 Å². The molecule has 2 rings (SSSR count). The highest BCUT2D eigenvalue weighted by molar-refractivity contribution is 7.85. The van der Waals surface area contributed by atoms with E-state index >= 15 is 0 Å². The molecule has 0 radical (unpaired) electrons. The zero-order valence-corrected chi connectivity index (χ0v) is 10.6. The summed E-state index contributed by atoms with van der Waals surface area (Å²) in [4.78, 5) is 0.765. The van der Waals surface area contributed by atoms with E-state index < -0.39 is 10.8 Å². The highest BCUT2D eigenvalue weighted by atomic mass is 32.2. The number of nitriles is 1. The van der Waals surface area contributed by atoms with Crippen molar-refractivity contribution in [3.63, 3.8) is 0 Å². The second-order valence-corrected chi connectivity index (χ2v) is 5.51. The molecular formula is C15H13NOS. The predicted molar refractivity (Wildman–Crippen MR) is 72.3 cm³/mol. The SMILES string of the molecule is N#CCC(c1ccccc1)S(=O)c1ccccc1. The van der Waals surface area contributed by atoms with Gasteiger partial charge in [-0.15, -0.1) is 0 Å². The minimum atomic E-state index is -1.19. The van der Waals surface area contributed by atoms with E-state index in [0.717, 1.165) is 10.5 Å². The molecule has 0 amide bonds. The molecule has 2 atom stereocenters. The summed E-state index contributed by atoms with van der Waals surface area (Å²) in [5.41, 5.74) is 0.946. The Morgan fingerprint density at radius 1 is 1.00 bits per heavy atom. The Kier molecular flexibility index (Phi) is 4.27. The molecule has 0 saturated heterocycles. The lowest BCUT2D eigenvalue weighted by molar-refractivity contribution is 0.672. The Morgan fingerprint density at radius 2 is 1.56 bits per heavy atom. The van der Waals surface area contributed by atoms with Crippen molar-refractivity contribution in [3.05, 3.63) is 66.2 Å². The monoisotopic (exact) mass is 255 g/mol.